The summed E-state index contributed by atoms with van der Waals surface area (Å²) in [6.45, 7) is 16.1. The van der Waals surface area contributed by atoms with Crippen LogP contribution in [0.5, 0.6) is 0 Å². The van der Waals surface area contributed by atoms with E-state index in [1.54, 1.807) is 0 Å². The first-order valence-corrected chi connectivity index (χ1v) is 18.8. The minimum Gasteiger partial charge on any atom is -0.279 e. The molecule has 39 heavy (non-hydrogen) atoms. The molecule has 0 aliphatic rings. The van der Waals surface area contributed by atoms with Gasteiger partial charge in [0.25, 0.3) is 0 Å². The predicted molar refractivity (Wildman–Crippen MR) is 173 cm³/mol. The lowest BCUT2D eigenvalue weighted by atomic mass is 9.86. The Hall–Kier alpha value is -0.150. The maximum Gasteiger partial charge on any atom is 0.526 e. The molecular formula is C34H71NO3P+. The van der Waals surface area contributed by atoms with E-state index < -0.39 is 7.75 Å². The molecule has 0 aromatic heterocycles. The van der Waals surface area contributed by atoms with Crippen molar-refractivity contribution in [2.75, 3.05) is 6.54 Å². The van der Waals surface area contributed by atoms with Gasteiger partial charge >= 0.3 is 7.75 Å². The van der Waals surface area contributed by atoms with Gasteiger partial charge in [-0.25, -0.2) is 8.82 Å². The van der Waals surface area contributed by atoms with Gasteiger partial charge in [-0.05, 0) is 64.2 Å². The van der Waals surface area contributed by atoms with Gasteiger partial charge in [-0.15, -0.1) is 0 Å². The Kier molecular flexibility index (Phi) is 23.3. The molecule has 0 aromatic carbocycles. The summed E-state index contributed by atoms with van der Waals surface area (Å²) in [6, 6.07) is 0.0454. The lowest BCUT2D eigenvalue weighted by Crippen LogP contribution is -2.62. The van der Waals surface area contributed by atoms with Crippen molar-refractivity contribution < 1.29 is 18.6 Å². The summed E-state index contributed by atoms with van der Waals surface area (Å²) in [5.74, 6) is 0.602. The first kappa shape index (κ1) is 38.9. The summed E-state index contributed by atoms with van der Waals surface area (Å²) < 4.78 is 13.6. The van der Waals surface area contributed by atoms with Crippen LogP contribution in [0.25, 0.3) is 0 Å². The molecule has 0 fully saturated rings. The van der Waals surface area contributed by atoms with E-state index in [4.69, 9.17) is 0 Å². The smallest absolute Gasteiger partial charge is 0.279 e. The van der Waals surface area contributed by atoms with Crippen LogP contribution in [-0.2, 0) is 4.57 Å². The number of quaternary nitrogens is 1. The molecule has 4 nitrogen and oxygen atoms in total. The predicted octanol–water partition coefficient (Wildman–Crippen LogP) is 11.4. The van der Waals surface area contributed by atoms with Crippen LogP contribution in [-0.4, -0.2) is 32.7 Å². The number of unbranched alkanes of at least 4 members (excludes halogenated alkanes) is 12. The van der Waals surface area contributed by atoms with Gasteiger partial charge in [0.1, 0.15) is 0 Å². The summed E-state index contributed by atoms with van der Waals surface area (Å²) in [6.07, 6.45) is 28.0. The zero-order valence-corrected chi connectivity index (χ0v) is 28.4. The zero-order chi connectivity index (χ0) is 29.6. The summed E-state index contributed by atoms with van der Waals surface area (Å²) in [5, 5.41) is 0. The molecule has 0 saturated carbocycles. The van der Waals surface area contributed by atoms with Crippen molar-refractivity contribution in [3.63, 3.8) is 0 Å². The van der Waals surface area contributed by atoms with Crippen LogP contribution in [0.1, 0.15) is 177 Å². The summed E-state index contributed by atoms with van der Waals surface area (Å²) in [7, 11) is -4.37. The highest BCUT2D eigenvalue weighted by molar-refractivity contribution is 7.45. The largest absolute Gasteiger partial charge is 0.526 e. The molecule has 0 heterocycles. The third-order valence-electron chi connectivity index (χ3n) is 9.43. The molecule has 0 amide bonds. The molecule has 0 radical (unpaired) electrons. The van der Waals surface area contributed by atoms with E-state index in [0.717, 1.165) is 51.4 Å². The van der Waals surface area contributed by atoms with E-state index in [2.05, 4.69) is 60.6 Å². The fraction of sp³-hybridized carbons (Fsp3) is 0.941. The maximum absolute atomic E-state index is 13.6. The van der Waals surface area contributed by atoms with E-state index in [1.807, 2.05) is 0 Å². The van der Waals surface area contributed by atoms with Crippen molar-refractivity contribution in [3.05, 3.63) is 12.2 Å². The van der Waals surface area contributed by atoms with Gasteiger partial charge in [0.2, 0.25) is 0 Å². The molecule has 2 N–H and O–H groups in total. The van der Waals surface area contributed by atoms with Gasteiger partial charge in [-0.3, -0.25) is 9.79 Å². The first-order chi connectivity index (χ1) is 18.7. The topological polar surface area (TPSA) is 57.5 Å². The number of hydrogen-bond acceptors (Lipinski definition) is 1. The maximum atomic E-state index is 13.6. The Morgan fingerprint density at radius 2 is 0.974 bits per heavy atom. The van der Waals surface area contributed by atoms with Crippen molar-refractivity contribution in [1.29, 1.82) is 0 Å². The van der Waals surface area contributed by atoms with Crippen LogP contribution in [0.3, 0.4) is 0 Å². The van der Waals surface area contributed by atoms with Crippen molar-refractivity contribution in [1.82, 2.24) is 0 Å². The van der Waals surface area contributed by atoms with Gasteiger partial charge in [0.05, 0.1) is 18.6 Å². The van der Waals surface area contributed by atoms with E-state index in [1.165, 1.54) is 77.0 Å². The highest BCUT2D eigenvalue weighted by Crippen LogP contribution is 2.57. The molecule has 0 spiro atoms. The number of rotatable bonds is 27. The second-order valence-electron chi connectivity index (χ2n) is 12.5. The molecule has 4 atom stereocenters. The minimum absolute atomic E-state index is 0.0227. The summed E-state index contributed by atoms with van der Waals surface area (Å²) >= 11 is 0. The lowest BCUT2D eigenvalue weighted by Gasteiger charge is -2.52. The van der Waals surface area contributed by atoms with Crippen LogP contribution in [0.15, 0.2) is 12.2 Å². The van der Waals surface area contributed by atoms with Crippen molar-refractivity contribution in [2.24, 2.45) is 11.8 Å². The molecule has 0 aromatic rings. The van der Waals surface area contributed by atoms with Gasteiger partial charge in [-0.2, -0.15) is 0 Å². The van der Waals surface area contributed by atoms with Gasteiger partial charge < -0.3 is 0 Å². The molecule has 0 rings (SSSR count). The average molecular weight is 573 g/mol. The third-order valence-corrected chi connectivity index (χ3v) is 11.2. The summed E-state index contributed by atoms with van der Waals surface area (Å²) in [5.41, 5.74) is 0. The van der Waals surface area contributed by atoms with E-state index in [-0.39, 0.29) is 16.3 Å². The molecule has 234 valence electrons. The molecule has 0 bridgehead atoms. The normalized spacial score (nSPS) is 17.3. The molecular weight excluding hydrogens is 501 g/mol. The van der Waals surface area contributed by atoms with E-state index >= 15 is 0 Å². The van der Waals surface area contributed by atoms with Crippen LogP contribution in [0.2, 0.25) is 0 Å². The first-order valence-electron chi connectivity index (χ1n) is 17.3. The third kappa shape index (κ3) is 14.5. The lowest BCUT2D eigenvalue weighted by molar-refractivity contribution is -0.884. The van der Waals surface area contributed by atoms with Crippen molar-refractivity contribution in [3.8, 4) is 0 Å². The van der Waals surface area contributed by atoms with Crippen LogP contribution >= 0.6 is 7.75 Å². The van der Waals surface area contributed by atoms with Crippen molar-refractivity contribution >= 4 is 7.75 Å². The highest BCUT2D eigenvalue weighted by Gasteiger charge is 2.57. The van der Waals surface area contributed by atoms with Crippen molar-refractivity contribution in [2.45, 2.75) is 189 Å². The van der Waals surface area contributed by atoms with E-state index in [0.29, 0.717) is 18.4 Å². The Balaban J connectivity index is 4.98. The van der Waals surface area contributed by atoms with Gasteiger partial charge in [0.15, 0.2) is 0 Å². The summed E-state index contributed by atoms with van der Waals surface area (Å²) in [4.78, 5) is 22.2. The van der Waals surface area contributed by atoms with Crippen LogP contribution < -0.4 is 0 Å². The Labute approximate surface area is 245 Å². The number of nitrogens with zero attached hydrogens (tertiary/aromatic N) is 1. The van der Waals surface area contributed by atoms with Gasteiger partial charge in [-0.1, -0.05) is 125 Å². The van der Waals surface area contributed by atoms with Crippen LogP contribution in [0, 0.1) is 11.8 Å². The molecule has 0 aliphatic heterocycles. The SMILES string of the molecule is CCCCCCCC/C=C\CCCCCCCC[N+](C(CCC)C(C)CC)(C(CCC)C(C)CC)P(=O)(O)O. The minimum atomic E-state index is -4.37. The standard InChI is InChI=1S/C34H70NO3P/c1-8-13-14-15-16-17-18-19-20-21-22-23-24-25-26-27-30-35(39(36,37)38,33(28-9-2)31(6)11-4)34(29-10-3)32(7)12-5/h19-20,31-34H,8-18,21-30H2,1-7H3,(H-,36,37,38)/p+1/b20-19-. The highest BCUT2D eigenvalue weighted by atomic mass is 31.2. The molecule has 0 saturated heterocycles. The zero-order valence-electron chi connectivity index (χ0n) is 27.5. The van der Waals surface area contributed by atoms with E-state index in [9.17, 15) is 14.4 Å². The second kappa shape index (κ2) is 23.4. The average Bonchev–Trinajstić information content (AvgIpc) is 2.91. The Morgan fingerprint density at radius 3 is 1.33 bits per heavy atom. The number of hydrogen-bond donors (Lipinski definition) is 2. The molecule has 4 unspecified atom stereocenters. The molecule has 0 aliphatic carbocycles. The number of allylic oxidation sites excluding steroid dienone is 2. The monoisotopic (exact) mass is 573 g/mol. The Morgan fingerprint density at radius 1 is 0.590 bits per heavy atom. The fourth-order valence-corrected chi connectivity index (χ4v) is 8.60. The van der Waals surface area contributed by atoms with Gasteiger partial charge in [0, 0.05) is 11.8 Å². The fourth-order valence-electron chi connectivity index (χ4n) is 6.74. The van der Waals surface area contributed by atoms with Crippen LogP contribution in [0.4, 0.5) is 0 Å². The molecule has 5 heteroatoms. The quantitative estimate of drug-likeness (QED) is 0.0584. The Bertz CT molecular complexity index is 612. The second-order valence-corrected chi connectivity index (χ2v) is 14.3.